The molecule has 0 saturated heterocycles. The van der Waals surface area contributed by atoms with Crippen molar-refractivity contribution in [2.24, 2.45) is 17.4 Å². The van der Waals surface area contributed by atoms with Crippen LogP contribution in [0.2, 0.25) is 5.02 Å². The summed E-state index contributed by atoms with van der Waals surface area (Å²) < 4.78 is 0.735. The lowest BCUT2D eigenvalue weighted by atomic mass is 9.86. The molecule has 2 amide bonds. The second-order valence-electron chi connectivity index (χ2n) is 5.26. The Balaban J connectivity index is 2.27. The number of hydrogen-bond acceptors (Lipinski definition) is 2. The van der Waals surface area contributed by atoms with Crippen LogP contribution in [0.5, 0.6) is 0 Å². The van der Waals surface area contributed by atoms with Gasteiger partial charge in [0.25, 0.3) is 5.91 Å². The summed E-state index contributed by atoms with van der Waals surface area (Å²) in [5, 5.41) is 1.31. The van der Waals surface area contributed by atoms with Crippen LogP contribution in [0, 0.1) is 5.92 Å². The Kier molecular flexibility index (Phi) is 3.45. The van der Waals surface area contributed by atoms with E-state index in [0.29, 0.717) is 35.4 Å². The summed E-state index contributed by atoms with van der Waals surface area (Å²) in [6, 6.07) is 1.55. The molecule has 0 saturated carbocycles. The number of nitrogens with two attached hydrogens (primary N) is 2. The number of primary amides is 2. The number of fused-ring (bicyclic) bond motifs is 3. The fourth-order valence-electron chi connectivity index (χ4n) is 2.97. The third-order valence-corrected chi connectivity index (χ3v) is 5.37. The third kappa shape index (κ3) is 2.22. The summed E-state index contributed by atoms with van der Waals surface area (Å²) in [5.41, 5.74) is 13.8. The van der Waals surface area contributed by atoms with E-state index in [4.69, 9.17) is 23.1 Å². The van der Waals surface area contributed by atoms with Crippen molar-refractivity contribution in [3.8, 4) is 0 Å². The maximum atomic E-state index is 11.6. The van der Waals surface area contributed by atoms with Crippen molar-refractivity contribution in [3.05, 3.63) is 32.4 Å². The number of rotatable bonds is 2. The number of carbonyl (C=O) groups excluding carboxylic acids is 2. The van der Waals surface area contributed by atoms with E-state index in [0.717, 1.165) is 21.1 Å². The van der Waals surface area contributed by atoms with Crippen molar-refractivity contribution in [2.75, 3.05) is 0 Å². The Morgan fingerprint density at radius 3 is 2.71 bits per heavy atom. The largest absolute Gasteiger partial charge is 0.369 e. The van der Waals surface area contributed by atoms with Crippen molar-refractivity contribution < 1.29 is 9.59 Å². The molecular weight excluding hydrogens is 358 g/mol. The molecule has 21 heavy (non-hydrogen) atoms. The Morgan fingerprint density at radius 2 is 2.10 bits per heavy atom. The molecule has 5 nitrogen and oxygen atoms in total. The molecule has 3 rings (SSSR count). The van der Waals surface area contributed by atoms with E-state index in [-0.39, 0.29) is 11.8 Å². The number of halogens is 2. The topological polar surface area (TPSA) is 102 Å². The summed E-state index contributed by atoms with van der Waals surface area (Å²) in [5.74, 6) is -1.03. The summed E-state index contributed by atoms with van der Waals surface area (Å²) in [6.07, 6.45) is 1.95. The number of benzene rings is 1. The van der Waals surface area contributed by atoms with Crippen LogP contribution in [-0.2, 0) is 17.6 Å². The van der Waals surface area contributed by atoms with Gasteiger partial charge >= 0.3 is 0 Å². The zero-order valence-corrected chi connectivity index (χ0v) is 13.3. The fourth-order valence-corrected chi connectivity index (χ4v) is 3.73. The van der Waals surface area contributed by atoms with Gasteiger partial charge in [0, 0.05) is 21.5 Å². The SMILES string of the molecule is NC(=O)c1cc(Cl)c(Br)c2c3c([nH]c12)CC(C(N)=O)CC3. The minimum atomic E-state index is -0.542. The lowest BCUT2D eigenvalue weighted by molar-refractivity contribution is -0.122. The van der Waals surface area contributed by atoms with Gasteiger partial charge in [0.1, 0.15) is 0 Å². The highest BCUT2D eigenvalue weighted by Gasteiger charge is 2.28. The standard InChI is InChI=1S/C14H13BrClN3O2/c15-11-8(16)4-7(14(18)21)12-10(11)6-2-1-5(13(17)20)3-9(6)19-12/h4-5,19H,1-3H2,(H2,17,20)(H2,18,21). The molecule has 0 fully saturated rings. The number of H-pyrrole nitrogens is 1. The quantitative estimate of drug-likeness (QED) is 0.755. The number of nitrogens with one attached hydrogen (secondary N) is 1. The average Bonchev–Trinajstić information content (AvgIpc) is 2.80. The molecule has 1 aliphatic carbocycles. The summed E-state index contributed by atoms with van der Waals surface area (Å²) >= 11 is 9.64. The van der Waals surface area contributed by atoms with Crippen molar-refractivity contribution in [1.82, 2.24) is 4.98 Å². The summed E-state index contributed by atoms with van der Waals surface area (Å²) in [4.78, 5) is 26.2. The van der Waals surface area contributed by atoms with Crippen molar-refractivity contribution in [1.29, 1.82) is 0 Å². The van der Waals surface area contributed by atoms with E-state index in [1.165, 1.54) is 0 Å². The zero-order valence-electron chi connectivity index (χ0n) is 11.0. The van der Waals surface area contributed by atoms with Crippen LogP contribution >= 0.6 is 27.5 Å². The van der Waals surface area contributed by atoms with Crippen LogP contribution in [-0.4, -0.2) is 16.8 Å². The van der Waals surface area contributed by atoms with Gasteiger partial charge in [-0.2, -0.15) is 0 Å². The van der Waals surface area contributed by atoms with E-state index >= 15 is 0 Å². The molecule has 1 heterocycles. The minimum absolute atomic E-state index is 0.183. The molecule has 2 aromatic rings. The lowest BCUT2D eigenvalue weighted by Crippen LogP contribution is -2.28. The van der Waals surface area contributed by atoms with E-state index in [2.05, 4.69) is 20.9 Å². The van der Waals surface area contributed by atoms with Crippen LogP contribution in [0.25, 0.3) is 10.9 Å². The first-order valence-electron chi connectivity index (χ1n) is 6.50. The number of aryl methyl sites for hydroxylation is 1. The highest BCUT2D eigenvalue weighted by molar-refractivity contribution is 9.10. The molecule has 0 radical (unpaired) electrons. The molecule has 0 aliphatic heterocycles. The Labute approximate surface area is 134 Å². The lowest BCUT2D eigenvalue weighted by Gasteiger charge is -2.19. The highest BCUT2D eigenvalue weighted by Crippen LogP contribution is 2.40. The molecule has 1 aromatic carbocycles. The van der Waals surface area contributed by atoms with Crippen LogP contribution in [0.4, 0.5) is 0 Å². The zero-order chi connectivity index (χ0) is 15.3. The second-order valence-corrected chi connectivity index (χ2v) is 6.46. The molecule has 110 valence electrons. The van der Waals surface area contributed by atoms with Gasteiger partial charge in [0.2, 0.25) is 5.91 Å². The van der Waals surface area contributed by atoms with Gasteiger partial charge in [0.05, 0.1) is 16.1 Å². The van der Waals surface area contributed by atoms with Gasteiger partial charge in [0.15, 0.2) is 0 Å². The molecular formula is C14H13BrClN3O2. The van der Waals surface area contributed by atoms with Crippen molar-refractivity contribution in [3.63, 3.8) is 0 Å². The third-order valence-electron chi connectivity index (χ3n) is 4.02. The molecule has 0 spiro atoms. The number of aromatic nitrogens is 1. The van der Waals surface area contributed by atoms with Gasteiger partial charge in [-0.1, -0.05) is 11.6 Å². The minimum Gasteiger partial charge on any atom is -0.369 e. The van der Waals surface area contributed by atoms with Gasteiger partial charge in [-0.25, -0.2) is 0 Å². The van der Waals surface area contributed by atoms with Crippen LogP contribution in [0.15, 0.2) is 10.5 Å². The molecule has 1 atom stereocenters. The molecule has 7 heteroatoms. The van der Waals surface area contributed by atoms with E-state index in [1.807, 2.05) is 0 Å². The molecule has 1 aromatic heterocycles. The van der Waals surface area contributed by atoms with Gasteiger partial charge in [-0.3, -0.25) is 9.59 Å². The predicted octanol–water partition coefficient (Wildman–Crippen LogP) is 2.27. The van der Waals surface area contributed by atoms with Crippen molar-refractivity contribution in [2.45, 2.75) is 19.3 Å². The first kappa shape index (κ1) is 14.4. The highest BCUT2D eigenvalue weighted by atomic mass is 79.9. The van der Waals surface area contributed by atoms with Gasteiger partial charge in [-0.05, 0) is 46.8 Å². The average molecular weight is 371 g/mol. The second kappa shape index (κ2) is 5.03. The molecule has 1 aliphatic rings. The normalized spacial score (nSPS) is 17.7. The Bertz CT molecular complexity index is 784. The number of carbonyl (C=O) groups is 2. The Hall–Kier alpha value is -1.53. The predicted molar refractivity (Wildman–Crippen MR) is 84.2 cm³/mol. The van der Waals surface area contributed by atoms with E-state index < -0.39 is 5.91 Å². The summed E-state index contributed by atoms with van der Waals surface area (Å²) in [6.45, 7) is 0. The van der Waals surface area contributed by atoms with E-state index in [9.17, 15) is 9.59 Å². The smallest absolute Gasteiger partial charge is 0.250 e. The van der Waals surface area contributed by atoms with Crippen LogP contribution in [0.1, 0.15) is 28.0 Å². The Morgan fingerprint density at radius 1 is 1.38 bits per heavy atom. The first-order chi connectivity index (χ1) is 9.90. The molecule has 0 bridgehead atoms. The van der Waals surface area contributed by atoms with Crippen LogP contribution in [0.3, 0.4) is 0 Å². The first-order valence-corrected chi connectivity index (χ1v) is 7.67. The maximum Gasteiger partial charge on any atom is 0.250 e. The number of amides is 2. The van der Waals surface area contributed by atoms with Gasteiger partial charge < -0.3 is 16.5 Å². The monoisotopic (exact) mass is 369 g/mol. The fraction of sp³-hybridized carbons (Fsp3) is 0.286. The van der Waals surface area contributed by atoms with Gasteiger partial charge in [-0.15, -0.1) is 0 Å². The van der Waals surface area contributed by atoms with E-state index in [1.54, 1.807) is 6.07 Å². The molecule has 5 N–H and O–H groups in total. The summed E-state index contributed by atoms with van der Waals surface area (Å²) in [7, 11) is 0. The molecule has 1 unspecified atom stereocenters. The van der Waals surface area contributed by atoms with Crippen LogP contribution < -0.4 is 11.5 Å². The number of aromatic amines is 1. The maximum absolute atomic E-state index is 11.6. The number of hydrogen-bond donors (Lipinski definition) is 3. The van der Waals surface area contributed by atoms with Crippen molar-refractivity contribution >= 4 is 50.2 Å².